The molecule has 0 saturated heterocycles. The van der Waals surface area contributed by atoms with E-state index in [9.17, 15) is 28.5 Å². The number of hydrogen-bond acceptors (Lipinski definition) is 5. The molecule has 1 heterocycles. The van der Waals surface area contributed by atoms with Crippen molar-refractivity contribution >= 4 is 22.7 Å². The number of oxazole rings is 1. The zero-order valence-electron chi connectivity index (χ0n) is 13.9. The van der Waals surface area contributed by atoms with E-state index in [1.165, 1.54) is 18.2 Å². The summed E-state index contributed by atoms with van der Waals surface area (Å²) in [7, 11) is 0. The molecule has 0 aliphatic carbocycles. The van der Waals surface area contributed by atoms with Crippen molar-refractivity contribution < 1.29 is 22.9 Å². The summed E-state index contributed by atoms with van der Waals surface area (Å²) in [5, 5.41) is 13.3. The normalized spacial score (nSPS) is 12.1. The van der Waals surface area contributed by atoms with E-state index in [0.29, 0.717) is 5.56 Å². The number of hydrogen-bond donors (Lipinski definition) is 1. The van der Waals surface area contributed by atoms with Crippen molar-refractivity contribution in [3.8, 4) is 0 Å². The number of amides is 1. The zero-order valence-corrected chi connectivity index (χ0v) is 13.9. The van der Waals surface area contributed by atoms with Crippen LogP contribution in [0.15, 0.2) is 45.6 Å². The molecule has 140 valence electrons. The largest absolute Gasteiger partial charge is 0.420 e. The van der Waals surface area contributed by atoms with Crippen LogP contribution >= 0.6 is 0 Å². The third kappa shape index (κ3) is 3.68. The summed E-state index contributed by atoms with van der Waals surface area (Å²) in [5.41, 5.74) is 0.305. The standard InChI is InChI=1S/C17H13F2N3O5/c1-9(10-2-4-12(18)13(19)6-10)20-16(23)8-21-14-5-3-11(22(25)26)7-15(14)27-17(21)24/h2-7,9H,8H2,1H3,(H,20,23)/t9-/m1/s1. The summed E-state index contributed by atoms with van der Waals surface area (Å²) in [5.74, 6) is -3.45. The highest BCUT2D eigenvalue weighted by Gasteiger charge is 2.18. The SMILES string of the molecule is C[C@@H](NC(=O)Cn1c(=O)oc2cc([N+](=O)[O-])ccc21)c1ccc(F)c(F)c1. The van der Waals surface area contributed by atoms with Crippen molar-refractivity contribution in [2.45, 2.75) is 19.5 Å². The Morgan fingerprint density at radius 3 is 2.67 bits per heavy atom. The van der Waals surface area contributed by atoms with Crippen LogP contribution in [-0.2, 0) is 11.3 Å². The fourth-order valence-corrected chi connectivity index (χ4v) is 2.61. The van der Waals surface area contributed by atoms with Gasteiger partial charge in [0.2, 0.25) is 5.91 Å². The van der Waals surface area contributed by atoms with Crippen molar-refractivity contribution in [3.63, 3.8) is 0 Å². The van der Waals surface area contributed by atoms with Gasteiger partial charge in [-0.15, -0.1) is 0 Å². The lowest BCUT2D eigenvalue weighted by Gasteiger charge is -2.14. The number of benzene rings is 2. The molecule has 3 rings (SSSR count). The van der Waals surface area contributed by atoms with Gasteiger partial charge in [0, 0.05) is 6.07 Å². The molecule has 2 aromatic carbocycles. The van der Waals surface area contributed by atoms with Crippen molar-refractivity contribution in [1.82, 2.24) is 9.88 Å². The molecule has 0 unspecified atom stereocenters. The van der Waals surface area contributed by atoms with Crippen LogP contribution in [0.25, 0.3) is 11.1 Å². The maximum atomic E-state index is 13.3. The minimum Gasteiger partial charge on any atom is -0.407 e. The molecule has 0 spiro atoms. The van der Waals surface area contributed by atoms with E-state index in [2.05, 4.69) is 5.32 Å². The number of nitro groups is 1. The molecule has 3 aromatic rings. The molecule has 0 fully saturated rings. The molecule has 0 radical (unpaired) electrons. The molecule has 1 aromatic heterocycles. The van der Waals surface area contributed by atoms with Crippen LogP contribution < -0.4 is 11.1 Å². The van der Waals surface area contributed by atoms with Crippen LogP contribution in [0.4, 0.5) is 14.5 Å². The first-order valence-corrected chi connectivity index (χ1v) is 7.78. The Hall–Kier alpha value is -3.56. The Labute approximate surface area is 150 Å². The van der Waals surface area contributed by atoms with E-state index in [0.717, 1.165) is 22.8 Å². The smallest absolute Gasteiger partial charge is 0.407 e. The van der Waals surface area contributed by atoms with Crippen LogP contribution in [0.1, 0.15) is 18.5 Å². The quantitative estimate of drug-likeness (QED) is 0.543. The Balaban J connectivity index is 1.79. The number of rotatable bonds is 5. The summed E-state index contributed by atoms with van der Waals surface area (Å²) in [6, 6.07) is 6.21. The molecule has 27 heavy (non-hydrogen) atoms. The van der Waals surface area contributed by atoms with Crippen LogP contribution in [0.3, 0.4) is 0 Å². The Kier molecular flexibility index (Phi) is 4.72. The molecular formula is C17H13F2N3O5. The van der Waals surface area contributed by atoms with E-state index >= 15 is 0 Å². The number of carbonyl (C=O) groups excluding carboxylic acids is 1. The van der Waals surface area contributed by atoms with Gasteiger partial charge in [-0.3, -0.25) is 19.5 Å². The van der Waals surface area contributed by atoms with Gasteiger partial charge in [-0.05, 0) is 30.7 Å². The lowest BCUT2D eigenvalue weighted by atomic mass is 10.1. The number of nitro benzene ring substituents is 1. The number of halogens is 2. The summed E-state index contributed by atoms with van der Waals surface area (Å²) in [6.45, 7) is 1.17. The molecule has 0 aliphatic heterocycles. The van der Waals surface area contributed by atoms with Gasteiger partial charge >= 0.3 is 5.76 Å². The highest BCUT2D eigenvalue weighted by molar-refractivity contribution is 5.80. The number of carbonyl (C=O) groups is 1. The maximum Gasteiger partial charge on any atom is 0.420 e. The topological polar surface area (TPSA) is 107 Å². The second-order valence-corrected chi connectivity index (χ2v) is 5.83. The van der Waals surface area contributed by atoms with Gasteiger partial charge in [0.1, 0.15) is 6.54 Å². The van der Waals surface area contributed by atoms with Crippen LogP contribution in [-0.4, -0.2) is 15.4 Å². The first kappa shape index (κ1) is 18.2. The van der Waals surface area contributed by atoms with E-state index in [-0.39, 0.29) is 16.8 Å². The van der Waals surface area contributed by atoms with Crippen LogP contribution in [0, 0.1) is 21.7 Å². The fourth-order valence-electron chi connectivity index (χ4n) is 2.61. The van der Waals surface area contributed by atoms with Crippen LogP contribution in [0.5, 0.6) is 0 Å². The minimum atomic E-state index is -1.03. The molecular weight excluding hydrogens is 364 g/mol. The third-order valence-electron chi connectivity index (χ3n) is 3.99. The first-order valence-electron chi connectivity index (χ1n) is 7.78. The second kappa shape index (κ2) is 6.98. The van der Waals surface area contributed by atoms with Gasteiger partial charge in [0.05, 0.1) is 22.5 Å². The number of aromatic nitrogens is 1. The van der Waals surface area contributed by atoms with Gasteiger partial charge in [0.25, 0.3) is 5.69 Å². The van der Waals surface area contributed by atoms with E-state index in [1.807, 2.05) is 0 Å². The Morgan fingerprint density at radius 2 is 2.00 bits per heavy atom. The predicted octanol–water partition coefficient (Wildman–Crippen LogP) is 2.66. The molecule has 0 bridgehead atoms. The van der Waals surface area contributed by atoms with Crippen molar-refractivity contribution in [2.24, 2.45) is 0 Å². The molecule has 0 aliphatic rings. The van der Waals surface area contributed by atoms with Gasteiger partial charge in [-0.2, -0.15) is 0 Å². The summed E-state index contributed by atoms with van der Waals surface area (Å²) in [4.78, 5) is 34.3. The van der Waals surface area contributed by atoms with Crippen molar-refractivity contribution in [3.05, 3.63) is 74.3 Å². The lowest BCUT2D eigenvalue weighted by Crippen LogP contribution is -2.32. The number of nitrogens with one attached hydrogen (secondary N) is 1. The van der Waals surface area contributed by atoms with E-state index in [1.54, 1.807) is 6.92 Å². The molecule has 0 saturated carbocycles. The fraction of sp³-hybridized carbons (Fsp3) is 0.176. The Bertz CT molecular complexity index is 1110. The monoisotopic (exact) mass is 377 g/mol. The van der Waals surface area contributed by atoms with E-state index in [4.69, 9.17) is 4.42 Å². The minimum absolute atomic E-state index is 0.0179. The van der Waals surface area contributed by atoms with Gasteiger partial charge in [-0.1, -0.05) is 6.07 Å². The lowest BCUT2D eigenvalue weighted by molar-refractivity contribution is -0.384. The van der Waals surface area contributed by atoms with E-state index < -0.39 is 40.8 Å². The second-order valence-electron chi connectivity index (χ2n) is 5.83. The third-order valence-corrected chi connectivity index (χ3v) is 3.99. The summed E-state index contributed by atoms with van der Waals surface area (Å²) >= 11 is 0. The van der Waals surface area contributed by atoms with Crippen LogP contribution in [0.2, 0.25) is 0 Å². The molecule has 1 atom stereocenters. The first-order chi connectivity index (χ1) is 12.8. The van der Waals surface area contributed by atoms with Gasteiger partial charge < -0.3 is 9.73 Å². The molecule has 1 amide bonds. The average molecular weight is 377 g/mol. The summed E-state index contributed by atoms with van der Waals surface area (Å²) < 4.78 is 32.3. The predicted molar refractivity (Wildman–Crippen MR) is 90.0 cm³/mol. The number of fused-ring (bicyclic) bond motifs is 1. The molecule has 1 N–H and O–H groups in total. The highest BCUT2D eigenvalue weighted by Crippen LogP contribution is 2.20. The number of non-ortho nitro benzene ring substituents is 1. The summed E-state index contributed by atoms with van der Waals surface area (Å²) in [6.07, 6.45) is 0. The highest BCUT2D eigenvalue weighted by atomic mass is 19.2. The maximum absolute atomic E-state index is 13.3. The van der Waals surface area contributed by atoms with Gasteiger partial charge in [0.15, 0.2) is 17.2 Å². The number of nitrogens with zero attached hydrogens (tertiary/aromatic N) is 2. The van der Waals surface area contributed by atoms with Gasteiger partial charge in [-0.25, -0.2) is 13.6 Å². The Morgan fingerprint density at radius 1 is 1.26 bits per heavy atom. The van der Waals surface area contributed by atoms with Crippen molar-refractivity contribution in [1.29, 1.82) is 0 Å². The zero-order chi connectivity index (χ0) is 19.7. The van der Waals surface area contributed by atoms with Crippen molar-refractivity contribution in [2.75, 3.05) is 0 Å². The average Bonchev–Trinajstić information content (AvgIpc) is 2.91. The molecule has 10 heteroatoms. The molecule has 8 nitrogen and oxygen atoms in total.